The Labute approximate surface area is 293 Å². The van der Waals surface area contributed by atoms with Gasteiger partial charge < -0.3 is 9.47 Å². The van der Waals surface area contributed by atoms with Crippen LogP contribution < -0.4 is 20.8 Å². The van der Waals surface area contributed by atoms with E-state index in [9.17, 15) is 0 Å². The summed E-state index contributed by atoms with van der Waals surface area (Å²) in [4.78, 5) is 5.09. The first kappa shape index (κ1) is 30.0. The highest BCUT2D eigenvalue weighted by Gasteiger charge is 2.30. The van der Waals surface area contributed by atoms with Crippen molar-refractivity contribution in [1.29, 1.82) is 0 Å². The lowest BCUT2D eigenvalue weighted by molar-refractivity contribution is 1.06. The van der Waals surface area contributed by atoms with E-state index in [1.807, 2.05) is 11.8 Å². The largest absolute Gasteiger partial charge is 0.316 e. The molecule has 0 fully saturated rings. The van der Waals surface area contributed by atoms with Crippen LogP contribution in [-0.2, 0) is 0 Å². The number of nitrogens with zero attached hydrogens (tertiary/aromatic N) is 2. The quantitative estimate of drug-likeness (QED) is 0.169. The second kappa shape index (κ2) is 12.1. The monoisotopic (exact) mass is 666 g/mol. The Morgan fingerprint density at radius 2 is 1.16 bits per heavy atom. The molecule has 0 N–H and O–H groups in total. The van der Waals surface area contributed by atoms with Gasteiger partial charge in [0.25, 0.3) is 0 Å². The van der Waals surface area contributed by atoms with Gasteiger partial charge in [0.1, 0.15) is 0 Å². The third kappa shape index (κ3) is 4.92. The van der Waals surface area contributed by atoms with Crippen molar-refractivity contribution in [2.24, 2.45) is 0 Å². The van der Waals surface area contributed by atoms with Gasteiger partial charge >= 0.3 is 0 Å². The highest BCUT2D eigenvalue weighted by Crippen LogP contribution is 2.54. The van der Waals surface area contributed by atoms with Crippen LogP contribution >= 0.6 is 19.7 Å². The van der Waals surface area contributed by atoms with Gasteiger partial charge in [-0.05, 0) is 108 Å². The molecule has 0 radical (unpaired) electrons. The molecule has 2 nitrogen and oxygen atoms in total. The molecule has 8 aromatic rings. The Balaban J connectivity index is 1.30. The van der Waals surface area contributed by atoms with Crippen LogP contribution in [0.3, 0.4) is 0 Å². The van der Waals surface area contributed by atoms with Gasteiger partial charge in [-0.1, -0.05) is 127 Å². The topological polar surface area (TPSA) is 8.17 Å². The molecule has 49 heavy (non-hydrogen) atoms. The molecule has 0 aliphatic carbocycles. The van der Waals surface area contributed by atoms with Gasteiger partial charge in [-0.3, -0.25) is 0 Å². The molecule has 4 heteroatoms. The van der Waals surface area contributed by atoms with Gasteiger partial charge in [0.15, 0.2) is 0 Å². The van der Waals surface area contributed by atoms with E-state index in [0.717, 1.165) is 0 Å². The van der Waals surface area contributed by atoms with Gasteiger partial charge in [-0.2, -0.15) is 0 Å². The molecule has 1 aromatic heterocycles. The zero-order valence-corrected chi connectivity index (χ0v) is 29.5. The number of aromatic nitrogens is 1. The second-order valence-corrected chi connectivity index (χ2v) is 16.0. The van der Waals surface area contributed by atoms with Crippen molar-refractivity contribution in [3.8, 4) is 5.69 Å². The van der Waals surface area contributed by atoms with Gasteiger partial charge in [0.05, 0.1) is 22.6 Å². The van der Waals surface area contributed by atoms with Gasteiger partial charge in [0.2, 0.25) is 0 Å². The summed E-state index contributed by atoms with van der Waals surface area (Å²) in [5.74, 6) is 0. The standard InChI is InChI=1S/C45H35N2PS/c1-30-14-12-16-34-28-29-46(44(30)34)37-26-27-42-45(32(37)3)47(39-21-10-11-23-41(39)49-42)38-25-24-33-15-13-22-40(43(33)31(38)2)48(35-17-6-4-7-18-35)36-19-8-5-9-20-36/h4-29H,1-3H3. The summed E-state index contributed by atoms with van der Waals surface area (Å²) in [6.45, 7) is 6.84. The average Bonchev–Trinajstić information content (AvgIpc) is 3.58. The van der Waals surface area contributed by atoms with E-state index in [0.29, 0.717) is 0 Å². The minimum Gasteiger partial charge on any atom is -0.316 e. The maximum atomic E-state index is 2.54. The Morgan fingerprint density at radius 3 is 1.94 bits per heavy atom. The van der Waals surface area contributed by atoms with Gasteiger partial charge in [-0.15, -0.1) is 0 Å². The fraction of sp³-hybridized carbons (Fsp3) is 0.0667. The SMILES string of the molecule is Cc1c(-n2ccc3cccc(C)c32)ccc2c1N(c1ccc3cccc(P(c4ccccc4)c4ccccc4)c3c1C)c1ccccc1S2. The smallest absolute Gasteiger partial charge is 0.0651 e. The van der Waals surface area contributed by atoms with Crippen molar-refractivity contribution in [3.63, 3.8) is 0 Å². The summed E-state index contributed by atoms with van der Waals surface area (Å²) in [5, 5.41) is 8.00. The molecule has 236 valence electrons. The van der Waals surface area contributed by atoms with E-state index in [4.69, 9.17) is 0 Å². The number of aryl methyl sites for hydroxylation is 2. The molecular weight excluding hydrogens is 632 g/mol. The summed E-state index contributed by atoms with van der Waals surface area (Å²) in [5.41, 5.74) is 10.0. The minimum atomic E-state index is -0.779. The molecule has 0 unspecified atom stereocenters. The highest BCUT2D eigenvalue weighted by atomic mass is 32.2. The molecule has 2 heterocycles. The van der Waals surface area contributed by atoms with Crippen molar-refractivity contribution in [2.75, 3.05) is 4.90 Å². The molecule has 1 aliphatic heterocycles. The van der Waals surface area contributed by atoms with E-state index in [-0.39, 0.29) is 0 Å². The number of hydrogen-bond donors (Lipinski definition) is 0. The molecule has 7 aromatic carbocycles. The molecular formula is C45H35N2PS. The first-order chi connectivity index (χ1) is 24.1. The van der Waals surface area contributed by atoms with Gasteiger partial charge in [0, 0.05) is 27.1 Å². The van der Waals surface area contributed by atoms with E-state index in [1.54, 1.807) is 0 Å². The fourth-order valence-corrected chi connectivity index (χ4v) is 11.3. The van der Waals surface area contributed by atoms with Crippen LogP contribution in [0.2, 0.25) is 0 Å². The van der Waals surface area contributed by atoms with Crippen molar-refractivity contribution in [2.45, 2.75) is 30.6 Å². The van der Waals surface area contributed by atoms with Crippen LogP contribution in [0.1, 0.15) is 16.7 Å². The Morgan fingerprint density at radius 1 is 0.490 bits per heavy atom. The highest BCUT2D eigenvalue weighted by molar-refractivity contribution is 7.99. The maximum Gasteiger partial charge on any atom is 0.0651 e. The minimum absolute atomic E-state index is 0.779. The van der Waals surface area contributed by atoms with Crippen LogP contribution in [0, 0.1) is 20.8 Å². The zero-order chi connectivity index (χ0) is 33.1. The van der Waals surface area contributed by atoms with E-state index >= 15 is 0 Å². The summed E-state index contributed by atoms with van der Waals surface area (Å²) in [6, 6.07) is 55.9. The lowest BCUT2D eigenvalue weighted by Crippen LogP contribution is -2.22. The Kier molecular flexibility index (Phi) is 7.42. The van der Waals surface area contributed by atoms with Gasteiger partial charge in [-0.25, -0.2) is 0 Å². The van der Waals surface area contributed by atoms with Crippen molar-refractivity contribution in [1.82, 2.24) is 4.57 Å². The fourth-order valence-electron chi connectivity index (χ4n) is 7.62. The van der Waals surface area contributed by atoms with E-state index in [1.165, 1.54) is 86.8 Å². The summed E-state index contributed by atoms with van der Waals surface area (Å²) >= 11 is 1.87. The van der Waals surface area contributed by atoms with Crippen LogP contribution in [-0.4, -0.2) is 4.57 Å². The molecule has 0 spiro atoms. The predicted molar refractivity (Wildman–Crippen MR) is 213 cm³/mol. The zero-order valence-electron chi connectivity index (χ0n) is 27.8. The molecule has 0 saturated heterocycles. The summed E-state index contributed by atoms with van der Waals surface area (Å²) in [7, 11) is -0.779. The summed E-state index contributed by atoms with van der Waals surface area (Å²) < 4.78 is 2.38. The van der Waals surface area contributed by atoms with Crippen LogP contribution in [0.4, 0.5) is 17.1 Å². The third-order valence-electron chi connectivity index (χ3n) is 9.85. The number of benzene rings is 7. The number of fused-ring (bicyclic) bond motifs is 4. The third-order valence-corrected chi connectivity index (χ3v) is 13.5. The predicted octanol–water partition coefficient (Wildman–Crippen LogP) is 11.4. The lowest BCUT2D eigenvalue weighted by Gasteiger charge is -2.36. The number of rotatable bonds is 5. The molecule has 0 bridgehead atoms. The Hall–Kier alpha value is -5.08. The number of anilines is 3. The Bertz CT molecular complexity index is 2480. The second-order valence-electron chi connectivity index (χ2n) is 12.8. The van der Waals surface area contributed by atoms with Crippen molar-refractivity contribution >= 4 is 74.3 Å². The van der Waals surface area contributed by atoms with Crippen molar-refractivity contribution in [3.05, 3.63) is 175 Å². The van der Waals surface area contributed by atoms with Crippen LogP contribution in [0.25, 0.3) is 27.4 Å². The van der Waals surface area contributed by atoms with Crippen LogP contribution in [0.15, 0.2) is 168 Å². The number of hydrogen-bond acceptors (Lipinski definition) is 2. The normalized spacial score (nSPS) is 12.4. The summed E-state index contributed by atoms with van der Waals surface area (Å²) in [6.07, 6.45) is 2.23. The molecule has 0 saturated carbocycles. The lowest BCUT2D eigenvalue weighted by atomic mass is 10.0. The molecule has 1 aliphatic rings. The first-order valence-electron chi connectivity index (χ1n) is 16.8. The molecule has 9 rings (SSSR count). The molecule has 0 amide bonds. The number of para-hydroxylation sites is 2. The first-order valence-corrected chi connectivity index (χ1v) is 18.9. The molecule has 0 atom stereocenters. The van der Waals surface area contributed by atoms with E-state index in [2.05, 4.69) is 188 Å². The van der Waals surface area contributed by atoms with E-state index < -0.39 is 7.92 Å². The maximum absolute atomic E-state index is 2.54. The van der Waals surface area contributed by atoms with Crippen molar-refractivity contribution < 1.29 is 0 Å². The van der Waals surface area contributed by atoms with Crippen LogP contribution in [0.5, 0.6) is 0 Å². The average molecular weight is 667 g/mol.